The molecule has 0 bridgehead atoms. The van der Waals surface area contributed by atoms with E-state index in [4.69, 9.17) is 13.2 Å². The van der Waals surface area contributed by atoms with E-state index in [1.54, 1.807) is 0 Å². The molecule has 0 aliphatic heterocycles. The van der Waals surface area contributed by atoms with Gasteiger partial charge in [-0.15, -0.1) is 11.1 Å². The second kappa shape index (κ2) is 10.9. The van der Waals surface area contributed by atoms with Crippen LogP contribution < -0.4 is 0 Å². The smallest absolute Gasteiger partial charge is 0.289 e. The van der Waals surface area contributed by atoms with Crippen molar-refractivity contribution in [3.8, 4) is 0 Å². The maximum absolute atomic E-state index is 5.99. The third-order valence-electron chi connectivity index (χ3n) is 4.84. The molecule has 0 spiro atoms. The van der Waals surface area contributed by atoms with Crippen LogP contribution in [0.3, 0.4) is 0 Å². The molecule has 0 saturated heterocycles. The molecule has 0 aromatic rings. The summed E-state index contributed by atoms with van der Waals surface area (Å²) in [5.41, 5.74) is 5.17. The first-order valence-electron chi connectivity index (χ1n) is 9.73. The molecule has 0 fully saturated rings. The summed E-state index contributed by atoms with van der Waals surface area (Å²) < 4.78 is 0. The van der Waals surface area contributed by atoms with Gasteiger partial charge in [0, 0.05) is 0 Å². The molecule has 1 heteroatoms. The van der Waals surface area contributed by atoms with Crippen LogP contribution in [0.5, 0.6) is 0 Å². The fourth-order valence-electron chi connectivity index (χ4n) is 1.33. The maximum atomic E-state index is 5.99. The Hall–Kier alpha value is -0.417. The molecule has 0 N–H and O–H groups in total. The van der Waals surface area contributed by atoms with Crippen LogP contribution in [0.2, 0.25) is 0 Å². The molecule has 0 radical (unpaired) electrons. The predicted molar refractivity (Wildman–Crippen MR) is 121 cm³/mol. The summed E-state index contributed by atoms with van der Waals surface area (Å²) in [6, 6.07) is 0. The Morgan fingerprint density at radius 1 is 0.481 bits per heavy atom. The van der Waals surface area contributed by atoms with Crippen molar-refractivity contribution in [2.45, 2.75) is 96.9 Å². The van der Waals surface area contributed by atoms with Crippen LogP contribution in [-0.2, 0) is 19.5 Å². The summed E-state index contributed by atoms with van der Waals surface area (Å²) in [5, 5.41) is 0. The zero-order valence-electron chi connectivity index (χ0n) is 20.7. The molecule has 27 heavy (non-hydrogen) atoms. The summed E-state index contributed by atoms with van der Waals surface area (Å²) in [7, 11) is 0. The van der Waals surface area contributed by atoms with Crippen LogP contribution in [0.25, 0.3) is 0 Å². The summed E-state index contributed by atoms with van der Waals surface area (Å²) in [4.78, 5) is 0. The van der Waals surface area contributed by atoms with Gasteiger partial charge in [0.05, 0.1) is 0 Å². The van der Waals surface area contributed by atoms with E-state index in [1.165, 1.54) is 11.1 Å². The van der Waals surface area contributed by atoms with Gasteiger partial charge >= 0.3 is 19.5 Å². The minimum absolute atomic E-state index is 0. The van der Waals surface area contributed by atoms with Crippen molar-refractivity contribution < 1.29 is 19.5 Å². The molecule has 0 saturated carbocycles. The third kappa shape index (κ3) is 14.3. The molecule has 0 aliphatic rings. The van der Waals surface area contributed by atoms with Crippen LogP contribution in [0.1, 0.15) is 96.9 Å². The normalized spacial score (nSPS) is 14.0. The molecule has 0 rings (SSSR count). The molecule has 0 atom stereocenters. The van der Waals surface area contributed by atoms with Crippen LogP contribution in [0.4, 0.5) is 0 Å². The minimum atomic E-state index is 0. The molecule has 0 nitrogen and oxygen atoms in total. The fourth-order valence-corrected chi connectivity index (χ4v) is 1.33. The number of hydrogen-bond acceptors (Lipinski definition) is 0. The van der Waals surface area contributed by atoms with E-state index in [1.807, 2.05) is 0 Å². The van der Waals surface area contributed by atoms with E-state index in [9.17, 15) is 0 Å². The molecular weight excluding hydrogens is 413 g/mol. The van der Waals surface area contributed by atoms with Gasteiger partial charge < -0.3 is 0 Å². The maximum Gasteiger partial charge on any atom is 2.00 e. The zero-order valence-corrected chi connectivity index (χ0v) is 22.4. The van der Waals surface area contributed by atoms with Crippen molar-refractivity contribution in [3.63, 3.8) is 0 Å². The molecular formula is C26H46Ru. The van der Waals surface area contributed by atoms with Crippen molar-refractivity contribution >= 4 is 0 Å². The molecule has 0 amide bonds. The topological polar surface area (TPSA) is 0 Å². The molecule has 0 heterocycles. The van der Waals surface area contributed by atoms with Crippen LogP contribution >= 0.6 is 0 Å². The number of rotatable bonds is 2. The second-order valence-electron chi connectivity index (χ2n) is 11.6. The average Bonchev–Trinajstić information content (AvgIpc) is 2.34. The predicted octanol–water partition coefficient (Wildman–Crippen LogP) is 8.77. The summed E-state index contributed by atoms with van der Waals surface area (Å²) in [6.45, 7) is 42.3. The third-order valence-corrected chi connectivity index (χ3v) is 4.84. The van der Waals surface area contributed by atoms with Gasteiger partial charge in [0.15, 0.2) is 0 Å². The van der Waals surface area contributed by atoms with Crippen LogP contribution in [-0.4, -0.2) is 0 Å². The molecule has 0 aromatic carbocycles. The Bertz CT molecular complexity index is 489. The first kappa shape index (κ1) is 31.3. The van der Waals surface area contributed by atoms with Gasteiger partial charge in [-0.25, -0.2) is 23.3 Å². The van der Waals surface area contributed by atoms with Crippen molar-refractivity contribution in [3.05, 3.63) is 47.6 Å². The first-order valence-corrected chi connectivity index (χ1v) is 9.73. The van der Waals surface area contributed by atoms with Gasteiger partial charge in [0.25, 0.3) is 0 Å². The Morgan fingerprint density at radius 3 is 0.778 bits per heavy atom. The van der Waals surface area contributed by atoms with Gasteiger partial charge in [-0.3, -0.25) is 13.2 Å². The number of allylic oxidation sites excluding steroid dienone is 6. The molecule has 0 aromatic heterocycles. The van der Waals surface area contributed by atoms with Gasteiger partial charge in [-0.1, -0.05) is 96.9 Å². The van der Waals surface area contributed by atoms with Crippen LogP contribution in [0.15, 0.2) is 34.4 Å². The summed E-state index contributed by atoms with van der Waals surface area (Å²) in [5.74, 6) is 0. The van der Waals surface area contributed by atoms with E-state index < -0.39 is 0 Å². The van der Waals surface area contributed by atoms with Crippen molar-refractivity contribution in [1.29, 1.82) is 0 Å². The molecule has 0 aliphatic carbocycles. The van der Waals surface area contributed by atoms with Crippen molar-refractivity contribution in [2.75, 3.05) is 0 Å². The fraction of sp³-hybridized carbons (Fsp3) is 0.692. The Labute approximate surface area is 185 Å². The summed E-state index contributed by atoms with van der Waals surface area (Å²) in [6.07, 6.45) is 4.22. The van der Waals surface area contributed by atoms with Crippen molar-refractivity contribution in [2.24, 2.45) is 21.7 Å². The van der Waals surface area contributed by atoms with E-state index in [-0.39, 0.29) is 41.1 Å². The van der Waals surface area contributed by atoms with Gasteiger partial charge in [0.2, 0.25) is 0 Å². The minimum Gasteiger partial charge on any atom is -0.289 e. The van der Waals surface area contributed by atoms with E-state index in [0.29, 0.717) is 0 Å². The largest absolute Gasteiger partial charge is 2.00 e. The van der Waals surface area contributed by atoms with Gasteiger partial charge in [-0.2, -0.15) is 0 Å². The molecule has 158 valence electrons. The van der Waals surface area contributed by atoms with E-state index in [0.717, 1.165) is 11.1 Å². The summed E-state index contributed by atoms with van der Waals surface area (Å²) >= 11 is 0. The van der Waals surface area contributed by atoms with Crippen molar-refractivity contribution in [1.82, 2.24) is 0 Å². The van der Waals surface area contributed by atoms with Gasteiger partial charge in [-0.05, 0) is 21.7 Å². The van der Waals surface area contributed by atoms with E-state index >= 15 is 0 Å². The Balaban J connectivity index is -0.000000411. The second-order valence-corrected chi connectivity index (χ2v) is 11.6. The first-order chi connectivity index (χ1) is 11.1. The van der Waals surface area contributed by atoms with Crippen LogP contribution in [0, 0.1) is 34.8 Å². The SMILES string of the molecule is [CH-]=C(C=C(C)C(C)(C)C)C(C)(C)C.[CH-]=C(C=C(C)C(C)(C)C)C(C)(C)C.[Ru+2]. The van der Waals surface area contributed by atoms with Gasteiger partial charge in [0.1, 0.15) is 0 Å². The standard InChI is InChI=1S/2C13H23.Ru/c2*1-10(12(3,4)5)9-11(2)13(6,7)8;/h2*1,9H,2-8H3;/q2*-1;+2. The quantitative estimate of drug-likeness (QED) is 0.220. The average molecular weight is 460 g/mol. The van der Waals surface area contributed by atoms with E-state index in [2.05, 4.69) is 109 Å². The monoisotopic (exact) mass is 460 g/mol. The Morgan fingerprint density at radius 2 is 0.667 bits per heavy atom. The number of hydrogen-bond donors (Lipinski definition) is 0. The molecule has 0 unspecified atom stereocenters. The zero-order chi connectivity index (χ0) is 21.7. The Kier molecular flexibility index (Phi) is 12.7.